The number of nitrogens with one attached hydrogen (secondary N) is 1. The van der Waals surface area contributed by atoms with Gasteiger partial charge in [-0.2, -0.15) is 0 Å². The summed E-state index contributed by atoms with van der Waals surface area (Å²) in [5, 5.41) is 2.95. The molecule has 0 radical (unpaired) electrons. The van der Waals surface area contributed by atoms with Crippen molar-refractivity contribution in [2.75, 3.05) is 5.32 Å². The number of carbonyl (C=O) groups is 1. The summed E-state index contributed by atoms with van der Waals surface area (Å²) in [6.07, 6.45) is 5.46. The van der Waals surface area contributed by atoms with Gasteiger partial charge in [0.15, 0.2) is 5.82 Å². The van der Waals surface area contributed by atoms with E-state index in [9.17, 15) is 13.6 Å². The summed E-state index contributed by atoms with van der Waals surface area (Å²) in [4.78, 5) is 16.8. The molecule has 0 saturated heterocycles. The fourth-order valence-electron chi connectivity index (χ4n) is 3.63. The van der Waals surface area contributed by atoms with Crippen LogP contribution in [0, 0.1) is 11.6 Å². The van der Waals surface area contributed by atoms with Gasteiger partial charge in [-0.05, 0) is 70.9 Å². The normalized spacial score (nSPS) is 17.9. The van der Waals surface area contributed by atoms with Crippen LogP contribution in [-0.4, -0.2) is 11.6 Å². The summed E-state index contributed by atoms with van der Waals surface area (Å²) in [5.41, 5.74) is 7.86. The van der Waals surface area contributed by atoms with Gasteiger partial charge in [0, 0.05) is 16.1 Å². The Balaban J connectivity index is 1.85. The van der Waals surface area contributed by atoms with Crippen molar-refractivity contribution in [1.29, 1.82) is 0 Å². The molecule has 1 spiro atoms. The van der Waals surface area contributed by atoms with Crippen LogP contribution in [0.25, 0.3) is 0 Å². The molecule has 1 amide bonds. The van der Waals surface area contributed by atoms with E-state index in [1.165, 1.54) is 12.3 Å². The Morgan fingerprint density at radius 1 is 1.26 bits per heavy atom. The summed E-state index contributed by atoms with van der Waals surface area (Å²) in [6.45, 7) is 0. The largest absolute Gasteiger partial charge is 0.405 e. The molecule has 2 aliphatic rings. The van der Waals surface area contributed by atoms with Crippen molar-refractivity contribution in [3.8, 4) is 0 Å². The Hall–Kier alpha value is -2.54. The van der Waals surface area contributed by atoms with Crippen molar-refractivity contribution in [2.24, 2.45) is 10.7 Å². The molecule has 0 atom stereocenters. The standard InChI is InChI=1S/C20H16BrF2N3O/c21-14-9-11(8-13-18(14)26-19(27)20(13)5-1-6-20)16(4-7-24)25-17-3-2-12(22)10-15(17)23/h2-4,7-10H,1,5-6,24H2,(H,26,27). The number of carbonyl (C=O) groups excluding carboxylic acids is 1. The molecule has 1 fully saturated rings. The predicted molar refractivity (Wildman–Crippen MR) is 104 cm³/mol. The first-order valence-electron chi connectivity index (χ1n) is 8.52. The number of allylic oxidation sites excluding steroid dienone is 1. The van der Waals surface area contributed by atoms with Crippen molar-refractivity contribution in [1.82, 2.24) is 0 Å². The van der Waals surface area contributed by atoms with Crippen LogP contribution in [0.4, 0.5) is 20.2 Å². The molecule has 0 bridgehead atoms. The summed E-state index contributed by atoms with van der Waals surface area (Å²) < 4.78 is 27.9. The molecule has 2 aromatic rings. The zero-order valence-electron chi connectivity index (χ0n) is 14.2. The van der Waals surface area contributed by atoms with E-state index in [0.717, 1.165) is 47.1 Å². The van der Waals surface area contributed by atoms with Crippen molar-refractivity contribution in [2.45, 2.75) is 24.7 Å². The van der Waals surface area contributed by atoms with E-state index in [4.69, 9.17) is 5.73 Å². The number of aliphatic imine (C=N–C) groups is 1. The number of fused-ring (bicyclic) bond motifs is 2. The number of halogens is 3. The lowest BCUT2D eigenvalue weighted by atomic mass is 9.65. The van der Waals surface area contributed by atoms with E-state index >= 15 is 0 Å². The molecule has 1 aliphatic carbocycles. The smallest absolute Gasteiger partial charge is 0.235 e. The van der Waals surface area contributed by atoms with Gasteiger partial charge in [-0.1, -0.05) is 6.42 Å². The Morgan fingerprint density at radius 3 is 2.67 bits per heavy atom. The first-order chi connectivity index (χ1) is 12.9. The highest BCUT2D eigenvalue weighted by Gasteiger charge is 2.51. The van der Waals surface area contributed by atoms with Gasteiger partial charge in [-0.3, -0.25) is 4.79 Å². The topological polar surface area (TPSA) is 67.5 Å². The highest BCUT2D eigenvalue weighted by atomic mass is 79.9. The van der Waals surface area contributed by atoms with E-state index in [1.54, 1.807) is 12.1 Å². The van der Waals surface area contributed by atoms with Crippen LogP contribution < -0.4 is 11.1 Å². The van der Waals surface area contributed by atoms with Gasteiger partial charge in [0.05, 0.1) is 22.5 Å². The zero-order valence-corrected chi connectivity index (χ0v) is 15.8. The van der Waals surface area contributed by atoms with E-state index in [1.807, 2.05) is 6.07 Å². The molecule has 1 aliphatic heterocycles. The molecule has 7 heteroatoms. The molecule has 4 rings (SSSR count). The molecule has 4 nitrogen and oxygen atoms in total. The molecular formula is C20H16BrF2N3O. The first kappa shape index (κ1) is 17.9. The van der Waals surface area contributed by atoms with Gasteiger partial charge in [-0.15, -0.1) is 0 Å². The summed E-state index contributed by atoms with van der Waals surface area (Å²) in [7, 11) is 0. The number of nitrogens with two attached hydrogens (primary N) is 1. The molecule has 0 unspecified atom stereocenters. The highest BCUT2D eigenvalue weighted by molar-refractivity contribution is 9.10. The third-order valence-corrected chi connectivity index (χ3v) is 5.81. The van der Waals surface area contributed by atoms with Gasteiger partial charge in [0.25, 0.3) is 0 Å². The van der Waals surface area contributed by atoms with E-state index < -0.39 is 17.0 Å². The quantitative estimate of drug-likeness (QED) is 0.691. The van der Waals surface area contributed by atoms with E-state index in [0.29, 0.717) is 11.3 Å². The third kappa shape index (κ3) is 2.86. The van der Waals surface area contributed by atoms with Crippen molar-refractivity contribution < 1.29 is 13.6 Å². The number of benzene rings is 2. The lowest BCUT2D eigenvalue weighted by Crippen LogP contribution is -2.40. The molecule has 2 aromatic carbocycles. The predicted octanol–water partition coefficient (Wildman–Crippen LogP) is 4.69. The van der Waals surface area contributed by atoms with E-state index in [2.05, 4.69) is 26.2 Å². The lowest BCUT2D eigenvalue weighted by Gasteiger charge is -2.36. The zero-order chi connectivity index (χ0) is 19.2. The molecule has 0 aromatic heterocycles. The van der Waals surface area contributed by atoms with Crippen LogP contribution in [0.5, 0.6) is 0 Å². The second-order valence-electron chi connectivity index (χ2n) is 6.72. The average Bonchev–Trinajstić information content (AvgIpc) is 2.89. The second-order valence-corrected chi connectivity index (χ2v) is 7.58. The Bertz CT molecular complexity index is 1010. The second kappa shape index (κ2) is 6.56. The number of rotatable bonds is 3. The van der Waals surface area contributed by atoms with Crippen LogP contribution in [0.1, 0.15) is 30.4 Å². The summed E-state index contributed by atoms with van der Waals surface area (Å²) in [6, 6.07) is 6.91. The van der Waals surface area contributed by atoms with Gasteiger partial charge < -0.3 is 11.1 Å². The van der Waals surface area contributed by atoms with Crippen LogP contribution >= 0.6 is 15.9 Å². The van der Waals surface area contributed by atoms with Gasteiger partial charge in [0.2, 0.25) is 5.91 Å². The molecular weight excluding hydrogens is 416 g/mol. The maximum Gasteiger partial charge on any atom is 0.235 e. The SMILES string of the molecule is NC=CC(=Nc1ccc(F)cc1F)c1cc(Br)c2c(c1)C1(CCC1)C(=O)N2. The molecule has 3 N–H and O–H groups in total. The Labute approximate surface area is 163 Å². The number of amides is 1. The average molecular weight is 432 g/mol. The molecule has 1 saturated carbocycles. The van der Waals surface area contributed by atoms with Crippen molar-refractivity contribution in [3.05, 3.63) is 69.8 Å². The fourth-order valence-corrected chi connectivity index (χ4v) is 4.19. The molecule has 1 heterocycles. The lowest BCUT2D eigenvalue weighted by molar-refractivity contribution is -0.123. The molecule has 138 valence electrons. The van der Waals surface area contributed by atoms with Crippen LogP contribution in [0.15, 0.2) is 52.1 Å². The maximum absolute atomic E-state index is 14.0. The minimum absolute atomic E-state index is 0.00804. The number of nitrogens with zero attached hydrogens (tertiary/aromatic N) is 1. The van der Waals surface area contributed by atoms with E-state index in [-0.39, 0.29) is 11.6 Å². The van der Waals surface area contributed by atoms with Gasteiger partial charge in [-0.25, -0.2) is 13.8 Å². The van der Waals surface area contributed by atoms with Crippen molar-refractivity contribution >= 4 is 38.9 Å². The fraction of sp³-hybridized carbons (Fsp3) is 0.200. The summed E-state index contributed by atoms with van der Waals surface area (Å²) >= 11 is 3.51. The maximum atomic E-state index is 14.0. The number of hydrogen-bond donors (Lipinski definition) is 2. The minimum Gasteiger partial charge on any atom is -0.405 e. The Kier molecular flexibility index (Phi) is 4.34. The third-order valence-electron chi connectivity index (χ3n) is 5.19. The summed E-state index contributed by atoms with van der Waals surface area (Å²) in [5.74, 6) is -1.41. The molecule has 27 heavy (non-hydrogen) atoms. The Morgan fingerprint density at radius 2 is 2.04 bits per heavy atom. The van der Waals surface area contributed by atoms with Gasteiger partial charge >= 0.3 is 0 Å². The van der Waals surface area contributed by atoms with Crippen molar-refractivity contribution in [3.63, 3.8) is 0 Å². The first-order valence-corrected chi connectivity index (χ1v) is 9.32. The number of anilines is 1. The van der Waals surface area contributed by atoms with Crippen LogP contribution in [-0.2, 0) is 10.2 Å². The van der Waals surface area contributed by atoms with Crippen LogP contribution in [0.3, 0.4) is 0 Å². The highest BCUT2D eigenvalue weighted by Crippen LogP contribution is 2.53. The monoisotopic (exact) mass is 431 g/mol. The minimum atomic E-state index is -0.759. The van der Waals surface area contributed by atoms with Gasteiger partial charge in [0.1, 0.15) is 5.82 Å². The number of hydrogen-bond acceptors (Lipinski definition) is 3. The van der Waals surface area contributed by atoms with Crippen LogP contribution in [0.2, 0.25) is 0 Å².